The maximum atomic E-state index is 5.35. The Morgan fingerprint density at radius 3 is 2.23 bits per heavy atom. The van der Waals surface area contributed by atoms with Gasteiger partial charge in [-0.05, 0) is 25.8 Å². The molecule has 0 aliphatic heterocycles. The number of methoxy groups -OCH3 is 1. The predicted molar refractivity (Wildman–Crippen MR) is 58.0 cm³/mol. The van der Waals surface area contributed by atoms with E-state index in [1.807, 2.05) is 0 Å². The highest BCUT2D eigenvalue weighted by Crippen LogP contribution is 2.15. The van der Waals surface area contributed by atoms with Crippen molar-refractivity contribution in [3.63, 3.8) is 0 Å². The number of ether oxygens (including phenoxy) is 1. The topological polar surface area (TPSA) is 21.3 Å². The molecular formula is C11H25NO. The molecule has 0 fully saturated rings. The molecule has 0 saturated heterocycles. The summed E-state index contributed by atoms with van der Waals surface area (Å²) in [5.41, 5.74) is 0. The van der Waals surface area contributed by atoms with Crippen LogP contribution in [0.3, 0.4) is 0 Å². The molecule has 0 bridgehead atoms. The first-order valence-corrected chi connectivity index (χ1v) is 5.43. The fourth-order valence-electron chi connectivity index (χ4n) is 1.67. The third-order valence-electron chi connectivity index (χ3n) is 2.81. The molecule has 1 N–H and O–H groups in total. The van der Waals surface area contributed by atoms with E-state index >= 15 is 0 Å². The SMILES string of the molecule is CCCC(NCC)C(C)C(C)OC. The van der Waals surface area contributed by atoms with Gasteiger partial charge in [-0.25, -0.2) is 0 Å². The van der Waals surface area contributed by atoms with Crippen molar-refractivity contribution in [2.24, 2.45) is 5.92 Å². The third kappa shape index (κ3) is 4.63. The summed E-state index contributed by atoms with van der Waals surface area (Å²) in [6.07, 6.45) is 2.82. The Morgan fingerprint density at radius 1 is 1.23 bits per heavy atom. The summed E-state index contributed by atoms with van der Waals surface area (Å²) in [6.45, 7) is 9.84. The fourth-order valence-corrected chi connectivity index (χ4v) is 1.67. The average molecular weight is 187 g/mol. The van der Waals surface area contributed by atoms with E-state index in [-0.39, 0.29) is 0 Å². The van der Waals surface area contributed by atoms with Gasteiger partial charge in [0.1, 0.15) is 0 Å². The maximum absolute atomic E-state index is 5.35. The molecule has 2 heteroatoms. The van der Waals surface area contributed by atoms with Crippen LogP contribution < -0.4 is 5.32 Å². The minimum absolute atomic E-state index is 0.343. The van der Waals surface area contributed by atoms with E-state index in [4.69, 9.17) is 4.74 Å². The van der Waals surface area contributed by atoms with Gasteiger partial charge in [0, 0.05) is 13.2 Å². The van der Waals surface area contributed by atoms with Crippen molar-refractivity contribution in [2.45, 2.75) is 52.7 Å². The lowest BCUT2D eigenvalue weighted by atomic mass is 9.93. The lowest BCUT2D eigenvalue weighted by Crippen LogP contribution is -2.40. The van der Waals surface area contributed by atoms with Gasteiger partial charge < -0.3 is 10.1 Å². The third-order valence-corrected chi connectivity index (χ3v) is 2.81. The Kier molecular flexibility index (Phi) is 7.29. The molecule has 0 rings (SSSR count). The minimum atomic E-state index is 0.343. The summed E-state index contributed by atoms with van der Waals surface area (Å²) in [6, 6.07) is 0.602. The van der Waals surface area contributed by atoms with Crippen LogP contribution in [0.25, 0.3) is 0 Å². The predicted octanol–water partition coefficient (Wildman–Crippen LogP) is 2.44. The Bertz CT molecular complexity index is 111. The molecule has 3 unspecified atom stereocenters. The van der Waals surface area contributed by atoms with Crippen molar-refractivity contribution in [1.29, 1.82) is 0 Å². The summed E-state index contributed by atoms with van der Waals surface area (Å²) < 4.78 is 5.35. The van der Waals surface area contributed by atoms with Crippen molar-refractivity contribution in [2.75, 3.05) is 13.7 Å². The highest BCUT2D eigenvalue weighted by Gasteiger charge is 2.20. The van der Waals surface area contributed by atoms with Gasteiger partial charge in [0.05, 0.1) is 6.10 Å². The molecule has 0 aliphatic rings. The lowest BCUT2D eigenvalue weighted by Gasteiger charge is -2.28. The first-order valence-electron chi connectivity index (χ1n) is 5.43. The highest BCUT2D eigenvalue weighted by molar-refractivity contribution is 4.76. The summed E-state index contributed by atoms with van der Waals surface area (Å²) in [5, 5.41) is 3.52. The van der Waals surface area contributed by atoms with E-state index in [2.05, 4.69) is 33.0 Å². The van der Waals surface area contributed by atoms with Crippen LogP contribution in [-0.4, -0.2) is 25.8 Å². The monoisotopic (exact) mass is 187 g/mol. The molecule has 0 aromatic heterocycles. The molecule has 0 saturated carbocycles. The van der Waals surface area contributed by atoms with Crippen molar-refractivity contribution in [3.8, 4) is 0 Å². The van der Waals surface area contributed by atoms with Gasteiger partial charge in [-0.2, -0.15) is 0 Å². The van der Waals surface area contributed by atoms with Gasteiger partial charge in [-0.15, -0.1) is 0 Å². The Labute approximate surface area is 83.1 Å². The molecule has 2 nitrogen and oxygen atoms in total. The molecule has 0 aromatic rings. The van der Waals surface area contributed by atoms with Gasteiger partial charge in [0.2, 0.25) is 0 Å². The number of rotatable bonds is 7. The van der Waals surface area contributed by atoms with E-state index < -0.39 is 0 Å². The zero-order valence-electron chi connectivity index (χ0n) is 9.76. The van der Waals surface area contributed by atoms with E-state index in [1.165, 1.54) is 12.8 Å². The van der Waals surface area contributed by atoms with Crippen LogP contribution in [0.4, 0.5) is 0 Å². The van der Waals surface area contributed by atoms with Crippen LogP contribution in [0.1, 0.15) is 40.5 Å². The van der Waals surface area contributed by atoms with Crippen LogP contribution in [0.15, 0.2) is 0 Å². The molecule has 0 amide bonds. The maximum Gasteiger partial charge on any atom is 0.0583 e. The van der Waals surface area contributed by atoms with Gasteiger partial charge in [-0.1, -0.05) is 27.2 Å². The quantitative estimate of drug-likeness (QED) is 0.661. The first-order chi connectivity index (χ1) is 6.17. The van der Waals surface area contributed by atoms with Crippen molar-refractivity contribution >= 4 is 0 Å². The molecule has 0 aliphatic carbocycles. The summed E-state index contributed by atoms with van der Waals surface area (Å²) in [7, 11) is 1.79. The second-order valence-electron chi connectivity index (χ2n) is 3.75. The normalized spacial score (nSPS) is 18.2. The van der Waals surface area contributed by atoms with Crippen LogP contribution >= 0.6 is 0 Å². The fraction of sp³-hybridized carbons (Fsp3) is 1.00. The molecule has 0 radical (unpaired) electrons. The summed E-state index contributed by atoms with van der Waals surface area (Å²) in [4.78, 5) is 0. The van der Waals surface area contributed by atoms with Crippen molar-refractivity contribution < 1.29 is 4.74 Å². The Morgan fingerprint density at radius 2 is 1.85 bits per heavy atom. The number of hydrogen-bond acceptors (Lipinski definition) is 2. The van der Waals surface area contributed by atoms with Crippen LogP contribution in [0, 0.1) is 5.92 Å². The zero-order chi connectivity index (χ0) is 10.3. The summed E-state index contributed by atoms with van der Waals surface area (Å²) >= 11 is 0. The van der Waals surface area contributed by atoms with E-state index in [9.17, 15) is 0 Å². The summed E-state index contributed by atoms with van der Waals surface area (Å²) in [5.74, 6) is 0.588. The second kappa shape index (κ2) is 7.34. The molecule has 0 aromatic carbocycles. The van der Waals surface area contributed by atoms with Crippen LogP contribution in [0.5, 0.6) is 0 Å². The molecule has 13 heavy (non-hydrogen) atoms. The van der Waals surface area contributed by atoms with Crippen molar-refractivity contribution in [3.05, 3.63) is 0 Å². The molecule has 0 spiro atoms. The van der Waals surface area contributed by atoms with E-state index in [0.29, 0.717) is 18.1 Å². The molecule has 0 heterocycles. The standard InChI is InChI=1S/C11H25NO/c1-6-8-11(12-7-2)9(3)10(4)13-5/h9-12H,6-8H2,1-5H3. The van der Waals surface area contributed by atoms with E-state index in [1.54, 1.807) is 7.11 Å². The van der Waals surface area contributed by atoms with Gasteiger partial charge in [-0.3, -0.25) is 0 Å². The van der Waals surface area contributed by atoms with Crippen molar-refractivity contribution in [1.82, 2.24) is 5.32 Å². The molecule has 80 valence electrons. The lowest BCUT2D eigenvalue weighted by molar-refractivity contribution is 0.0560. The Hall–Kier alpha value is -0.0800. The average Bonchev–Trinajstić information content (AvgIpc) is 2.15. The second-order valence-corrected chi connectivity index (χ2v) is 3.75. The number of nitrogens with one attached hydrogen (secondary N) is 1. The van der Waals surface area contributed by atoms with Gasteiger partial charge in [0.15, 0.2) is 0 Å². The van der Waals surface area contributed by atoms with Gasteiger partial charge in [0.25, 0.3) is 0 Å². The smallest absolute Gasteiger partial charge is 0.0583 e. The number of hydrogen-bond donors (Lipinski definition) is 1. The van der Waals surface area contributed by atoms with Gasteiger partial charge >= 0.3 is 0 Å². The first kappa shape index (κ1) is 12.9. The zero-order valence-corrected chi connectivity index (χ0v) is 9.76. The van der Waals surface area contributed by atoms with E-state index in [0.717, 1.165) is 6.54 Å². The largest absolute Gasteiger partial charge is 0.381 e. The Balaban J connectivity index is 4.00. The van der Waals surface area contributed by atoms with Crippen LogP contribution in [0.2, 0.25) is 0 Å². The molecule has 3 atom stereocenters. The molecular weight excluding hydrogens is 162 g/mol. The van der Waals surface area contributed by atoms with Crippen LogP contribution in [-0.2, 0) is 4.74 Å². The minimum Gasteiger partial charge on any atom is -0.381 e. The highest BCUT2D eigenvalue weighted by atomic mass is 16.5.